The van der Waals surface area contributed by atoms with E-state index in [2.05, 4.69) is 10.0 Å². The highest BCUT2D eigenvalue weighted by atomic mass is 32.2. The molecule has 1 heterocycles. The zero-order valence-corrected chi connectivity index (χ0v) is 11.7. The lowest BCUT2D eigenvalue weighted by Gasteiger charge is -2.24. The molecule has 0 fully saturated rings. The highest BCUT2D eigenvalue weighted by Gasteiger charge is 2.27. The quantitative estimate of drug-likeness (QED) is 0.672. The standard InChI is InChI=1S/C11H20N2O4S/c1-11(2,6-7-14)13-18(15,16)10-5-4-9(17-10)8-12-3/h4-5,12-14H,6-8H2,1-3H3. The first-order chi connectivity index (χ1) is 8.30. The molecule has 0 saturated carbocycles. The van der Waals surface area contributed by atoms with Crippen molar-refractivity contribution in [3.63, 3.8) is 0 Å². The molecule has 104 valence electrons. The largest absolute Gasteiger partial charge is 0.447 e. The molecule has 1 rings (SSSR count). The average Bonchev–Trinajstić information content (AvgIpc) is 2.65. The SMILES string of the molecule is CNCc1ccc(S(=O)(=O)NC(C)(C)CCO)o1. The van der Waals surface area contributed by atoms with Gasteiger partial charge in [-0.25, -0.2) is 13.1 Å². The molecule has 0 amide bonds. The van der Waals surface area contributed by atoms with Crippen molar-refractivity contribution in [2.24, 2.45) is 0 Å². The van der Waals surface area contributed by atoms with Crippen LogP contribution in [0, 0.1) is 0 Å². The van der Waals surface area contributed by atoms with Crippen LogP contribution < -0.4 is 10.0 Å². The van der Waals surface area contributed by atoms with E-state index in [0.717, 1.165) is 0 Å². The number of rotatable bonds is 7. The van der Waals surface area contributed by atoms with Crippen LogP contribution in [0.4, 0.5) is 0 Å². The highest BCUT2D eigenvalue weighted by molar-refractivity contribution is 7.89. The van der Waals surface area contributed by atoms with Crippen LogP contribution in [0.1, 0.15) is 26.0 Å². The molecule has 6 nitrogen and oxygen atoms in total. The first kappa shape index (κ1) is 15.2. The number of nitrogens with one attached hydrogen (secondary N) is 2. The summed E-state index contributed by atoms with van der Waals surface area (Å²) in [5, 5.41) is 11.6. The van der Waals surface area contributed by atoms with Gasteiger partial charge >= 0.3 is 0 Å². The molecular weight excluding hydrogens is 256 g/mol. The fraction of sp³-hybridized carbons (Fsp3) is 0.636. The van der Waals surface area contributed by atoms with Gasteiger partial charge in [0.05, 0.1) is 6.54 Å². The van der Waals surface area contributed by atoms with Gasteiger partial charge in [-0.15, -0.1) is 0 Å². The van der Waals surface area contributed by atoms with Crippen molar-refractivity contribution in [2.75, 3.05) is 13.7 Å². The minimum Gasteiger partial charge on any atom is -0.447 e. The maximum atomic E-state index is 12.0. The summed E-state index contributed by atoms with van der Waals surface area (Å²) in [6.45, 7) is 3.80. The smallest absolute Gasteiger partial charge is 0.274 e. The van der Waals surface area contributed by atoms with Gasteiger partial charge in [-0.1, -0.05) is 0 Å². The summed E-state index contributed by atoms with van der Waals surface area (Å²) in [7, 11) is -1.94. The molecule has 0 radical (unpaired) electrons. The van der Waals surface area contributed by atoms with E-state index in [-0.39, 0.29) is 11.7 Å². The maximum Gasteiger partial charge on any atom is 0.274 e. The first-order valence-electron chi connectivity index (χ1n) is 5.69. The number of aliphatic hydroxyl groups excluding tert-OH is 1. The van der Waals surface area contributed by atoms with Crippen molar-refractivity contribution < 1.29 is 17.9 Å². The summed E-state index contributed by atoms with van der Waals surface area (Å²) >= 11 is 0. The summed E-state index contributed by atoms with van der Waals surface area (Å²) in [6.07, 6.45) is 0.330. The van der Waals surface area contributed by atoms with Gasteiger partial charge in [0.15, 0.2) is 0 Å². The molecule has 0 aliphatic carbocycles. The Kier molecular flexibility index (Phi) is 4.92. The van der Waals surface area contributed by atoms with Crippen LogP contribution in [-0.4, -0.2) is 32.7 Å². The molecule has 0 aliphatic rings. The van der Waals surface area contributed by atoms with Gasteiger partial charge in [0, 0.05) is 12.1 Å². The molecule has 7 heteroatoms. The Labute approximate surface area is 107 Å². The zero-order valence-electron chi connectivity index (χ0n) is 10.9. The summed E-state index contributed by atoms with van der Waals surface area (Å²) in [4.78, 5) is 0. The number of aliphatic hydroxyl groups is 1. The first-order valence-corrected chi connectivity index (χ1v) is 7.17. The van der Waals surface area contributed by atoms with Gasteiger partial charge in [0.25, 0.3) is 10.0 Å². The highest BCUT2D eigenvalue weighted by Crippen LogP contribution is 2.17. The fourth-order valence-corrected chi connectivity index (χ4v) is 2.91. The van der Waals surface area contributed by atoms with Crippen LogP contribution in [0.3, 0.4) is 0 Å². The maximum absolute atomic E-state index is 12.0. The molecule has 0 aliphatic heterocycles. The lowest BCUT2D eigenvalue weighted by molar-refractivity contribution is 0.245. The van der Waals surface area contributed by atoms with Crippen LogP contribution >= 0.6 is 0 Å². The number of hydrogen-bond acceptors (Lipinski definition) is 5. The second kappa shape index (κ2) is 5.83. The predicted octanol–water partition coefficient (Wildman–Crippen LogP) is 0.438. The summed E-state index contributed by atoms with van der Waals surface area (Å²) in [6, 6.07) is 3.04. The van der Waals surface area contributed by atoms with Gasteiger partial charge in [0.2, 0.25) is 5.09 Å². The topological polar surface area (TPSA) is 91.6 Å². The molecule has 18 heavy (non-hydrogen) atoms. The van der Waals surface area contributed by atoms with E-state index in [1.54, 1.807) is 27.0 Å². The molecule has 0 spiro atoms. The Bertz CT molecular complexity index is 479. The van der Waals surface area contributed by atoms with E-state index in [0.29, 0.717) is 18.7 Å². The molecular formula is C11H20N2O4S. The van der Waals surface area contributed by atoms with E-state index < -0.39 is 15.6 Å². The molecule has 0 unspecified atom stereocenters. The molecule has 0 aromatic carbocycles. The lowest BCUT2D eigenvalue weighted by Crippen LogP contribution is -2.43. The van der Waals surface area contributed by atoms with E-state index in [9.17, 15) is 8.42 Å². The van der Waals surface area contributed by atoms with E-state index in [1.165, 1.54) is 6.07 Å². The average molecular weight is 276 g/mol. The Morgan fingerprint density at radius 2 is 2.06 bits per heavy atom. The molecule has 1 aromatic rings. The second-order valence-electron chi connectivity index (χ2n) is 4.71. The predicted molar refractivity (Wildman–Crippen MR) is 67.6 cm³/mol. The number of furan rings is 1. The molecule has 0 atom stereocenters. The van der Waals surface area contributed by atoms with Crippen molar-refractivity contribution >= 4 is 10.0 Å². The summed E-state index contributed by atoms with van der Waals surface area (Å²) in [5.41, 5.74) is -0.719. The third-order valence-corrected chi connectivity index (χ3v) is 3.97. The van der Waals surface area contributed by atoms with Gasteiger partial charge < -0.3 is 14.8 Å². The summed E-state index contributed by atoms with van der Waals surface area (Å²) < 4.78 is 31.8. The van der Waals surface area contributed by atoms with Crippen LogP contribution in [-0.2, 0) is 16.6 Å². The monoisotopic (exact) mass is 276 g/mol. The van der Waals surface area contributed by atoms with Crippen molar-refractivity contribution in [3.8, 4) is 0 Å². The zero-order chi connectivity index (χ0) is 13.8. The normalized spacial score (nSPS) is 12.9. The van der Waals surface area contributed by atoms with Crippen LogP contribution in [0.2, 0.25) is 0 Å². The molecule has 0 saturated heterocycles. The van der Waals surface area contributed by atoms with Crippen LogP contribution in [0.5, 0.6) is 0 Å². The minimum atomic E-state index is -3.69. The molecule has 0 bridgehead atoms. The Hall–Kier alpha value is -0.890. The van der Waals surface area contributed by atoms with E-state index in [4.69, 9.17) is 9.52 Å². The third kappa shape index (κ3) is 4.09. The second-order valence-corrected chi connectivity index (χ2v) is 6.33. The van der Waals surface area contributed by atoms with E-state index in [1.807, 2.05) is 0 Å². The van der Waals surface area contributed by atoms with Gasteiger partial charge in [-0.3, -0.25) is 0 Å². The summed E-state index contributed by atoms with van der Waals surface area (Å²) in [5.74, 6) is 0.554. The third-order valence-electron chi connectivity index (χ3n) is 2.40. The van der Waals surface area contributed by atoms with E-state index >= 15 is 0 Å². The van der Waals surface area contributed by atoms with Gasteiger partial charge in [-0.05, 0) is 39.4 Å². The van der Waals surface area contributed by atoms with Gasteiger partial charge in [-0.2, -0.15) is 0 Å². The Balaban J connectivity index is 2.85. The number of hydrogen-bond donors (Lipinski definition) is 3. The Morgan fingerprint density at radius 3 is 2.61 bits per heavy atom. The Morgan fingerprint density at radius 1 is 1.39 bits per heavy atom. The van der Waals surface area contributed by atoms with Crippen LogP contribution in [0.15, 0.2) is 21.6 Å². The van der Waals surface area contributed by atoms with Crippen molar-refractivity contribution in [3.05, 3.63) is 17.9 Å². The van der Waals surface area contributed by atoms with Crippen molar-refractivity contribution in [2.45, 2.75) is 37.4 Å². The lowest BCUT2D eigenvalue weighted by atomic mass is 10.0. The minimum absolute atomic E-state index is 0.0846. The van der Waals surface area contributed by atoms with Crippen molar-refractivity contribution in [1.82, 2.24) is 10.0 Å². The van der Waals surface area contributed by atoms with Crippen molar-refractivity contribution in [1.29, 1.82) is 0 Å². The number of sulfonamides is 1. The molecule has 3 N–H and O–H groups in total. The van der Waals surface area contributed by atoms with Crippen LogP contribution in [0.25, 0.3) is 0 Å². The fourth-order valence-electron chi connectivity index (χ4n) is 1.52. The molecule has 1 aromatic heterocycles. The van der Waals surface area contributed by atoms with Gasteiger partial charge in [0.1, 0.15) is 5.76 Å².